The minimum atomic E-state index is -1.46. The van der Waals surface area contributed by atoms with E-state index in [4.69, 9.17) is 11.6 Å². The molecule has 1 aromatic carbocycles. The molecule has 0 spiro atoms. The highest BCUT2D eigenvalue weighted by molar-refractivity contribution is 6.32. The maximum atomic E-state index is 13.4. The van der Waals surface area contributed by atoms with Crippen molar-refractivity contribution in [2.45, 2.75) is 40.2 Å². The molecular weight excluding hydrogens is 385 g/mol. The Bertz CT molecular complexity index is 774. The van der Waals surface area contributed by atoms with E-state index in [0.717, 1.165) is 11.0 Å². The molecule has 1 atom stereocenters. The van der Waals surface area contributed by atoms with E-state index in [9.17, 15) is 18.8 Å². The summed E-state index contributed by atoms with van der Waals surface area (Å²) in [4.78, 5) is 40.8. The van der Waals surface area contributed by atoms with Crippen LogP contribution in [-0.4, -0.2) is 47.3 Å². The highest BCUT2D eigenvalue weighted by Crippen LogP contribution is 2.34. The van der Waals surface area contributed by atoms with E-state index < -0.39 is 23.3 Å². The second-order valence-corrected chi connectivity index (χ2v) is 8.56. The fourth-order valence-corrected chi connectivity index (χ4v) is 3.67. The van der Waals surface area contributed by atoms with Gasteiger partial charge in [0, 0.05) is 23.7 Å². The number of hydrogen-bond donors (Lipinski definition) is 1. The maximum absolute atomic E-state index is 13.4. The lowest BCUT2D eigenvalue weighted by molar-refractivity contribution is -0.139. The molecule has 28 heavy (non-hydrogen) atoms. The molecule has 1 N–H and O–H groups in total. The molecular formula is C20H27ClFN3O3. The summed E-state index contributed by atoms with van der Waals surface area (Å²) in [5.41, 5.74) is -1.17. The second-order valence-electron chi connectivity index (χ2n) is 8.16. The smallest absolute Gasteiger partial charge is 0.325 e. The van der Waals surface area contributed by atoms with Gasteiger partial charge in [0.1, 0.15) is 17.9 Å². The number of hydrogen-bond acceptors (Lipinski definition) is 3. The molecule has 0 radical (unpaired) electrons. The number of carbonyl (C=O) groups excluding carboxylic acids is 3. The Morgan fingerprint density at radius 2 is 1.79 bits per heavy atom. The zero-order valence-electron chi connectivity index (χ0n) is 16.9. The van der Waals surface area contributed by atoms with Gasteiger partial charge in [0.25, 0.3) is 5.91 Å². The molecule has 2 rings (SSSR count). The SMILES string of the molecule is CC(C)CN(CC(C)C)C(=O)CN1C(=O)NC(C)(c2ccc(F)cc2Cl)C1=O. The largest absolute Gasteiger partial charge is 0.341 e. The third-order valence-corrected chi connectivity index (χ3v) is 4.87. The molecule has 1 aliphatic rings. The molecule has 0 bridgehead atoms. The summed E-state index contributed by atoms with van der Waals surface area (Å²) >= 11 is 6.09. The highest BCUT2D eigenvalue weighted by Gasteiger charge is 2.50. The Morgan fingerprint density at radius 1 is 1.21 bits per heavy atom. The number of urea groups is 1. The third-order valence-electron chi connectivity index (χ3n) is 4.56. The van der Waals surface area contributed by atoms with Gasteiger partial charge in [-0.05, 0) is 30.9 Å². The molecule has 154 valence electrons. The third kappa shape index (κ3) is 4.63. The number of imide groups is 1. The van der Waals surface area contributed by atoms with Crippen molar-refractivity contribution in [1.82, 2.24) is 15.1 Å². The lowest BCUT2D eigenvalue weighted by Crippen LogP contribution is -2.46. The van der Waals surface area contributed by atoms with Gasteiger partial charge in [-0.1, -0.05) is 45.4 Å². The summed E-state index contributed by atoms with van der Waals surface area (Å²) in [6.07, 6.45) is 0. The molecule has 8 heteroatoms. The molecule has 1 saturated heterocycles. The number of carbonyl (C=O) groups is 3. The Kier molecular flexibility index (Phi) is 6.70. The molecule has 6 nitrogen and oxygen atoms in total. The molecule has 0 saturated carbocycles. The summed E-state index contributed by atoms with van der Waals surface area (Å²) in [5.74, 6) is -0.906. The van der Waals surface area contributed by atoms with Crippen LogP contribution in [0.4, 0.5) is 9.18 Å². The van der Waals surface area contributed by atoms with Crippen LogP contribution in [-0.2, 0) is 15.1 Å². The number of halogens is 2. The molecule has 1 heterocycles. The van der Waals surface area contributed by atoms with E-state index in [2.05, 4.69) is 5.32 Å². The van der Waals surface area contributed by atoms with Gasteiger partial charge in [-0.25, -0.2) is 9.18 Å². The van der Waals surface area contributed by atoms with Crippen LogP contribution in [0.1, 0.15) is 40.2 Å². The van der Waals surface area contributed by atoms with Crippen LogP contribution >= 0.6 is 11.6 Å². The van der Waals surface area contributed by atoms with Crippen molar-refractivity contribution in [2.24, 2.45) is 11.8 Å². The fraction of sp³-hybridized carbons (Fsp3) is 0.550. The highest BCUT2D eigenvalue weighted by atomic mass is 35.5. The van der Waals surface area contributed by atoms with Crippen molar-refractivity contribution in [1.29, 1.82) is 0 Å². The van der Waals surface area contributed by atoms with Crippen LogP contribution in [0.2, 0.25) is 5.02 Å². The van der Waals surface area contributed by atoms with Crippen molar-refractivity contribution in [3.05, 3.63) is 34.6 Å². The first-order chi connectivity index (χ1) is 13.0. The lowest BCUT2D eigenvalue weighted by atomic mass is 9.92. The van der Waals surface area contributed by atoms with Crippen LogP contribution in [0.5, 0.6) is 0 Å². The zero-order chi connectivity index (χ0) is 21.2. The van der Waals surface area contributed by atoms with E-state index in [1.54, 1.807) is 4.90 Å². The van der Waals surface area contributed by atoms with Crippen molar-refractivity contribution in [3.8, 4) is 0 Å². The van der Waals surface area contributed by atoms with Gasteiger partial charge in [-0.3, -0.25) is 14.5 Å². The second kappa shape index (κ2) is 8.47. The first-order valence-corrected chi connectivity index (χ1v) is 9.71. The topological polar surface area (TPSA) is 69.7 Å². The Morgan fingerprint density at radius 3 is 2.29 bits per heavy atom. The average Bonchev–Trinajstić information content (AvgIpc) is 2.77. The van der Waals surface area contributed by atoms with Crippen LogP contribution in [0.3, 0.4) is 0 Å². The van der Waals surface area contributed by atoms with E-state index in [1.165, 1.54) is 19.1 Å². The van der Waals surface area contributed by atoms with Gasteiger partial charge in [0.15, 0.2) is 0 Å². The van der Waals surface area contributed by atoms with Gasteiger partial charge < -0.3 is 10.2 Å². The van der Waals surface area contributed by atoms with Crippen LogP contribution in [0.25, 0.3) is 0 Å². The molecule has 1 fully saturated rings. The Hall–Kier alpha value is -2.15. The van der Waals surface area contributed by atoms with Gasteiger partial charge in [0.05, 0.1) is 0 Å². The minimum absolute atomic E-state index is 0.0329. The summed E-state index contributed by atoms with van der Waals surface area (Å²) in [5, 5.41) is 2.63. The number of amides is 4. The molecule has 4 amide bonds. The normalized spacial score (nSPS) is 19.5. The van der Waals surface area contributed by atoms with Crippen LogP contribution < -0.4 is 5.32 Å². The van der Waals surface area contributed by atoms with E-state index >= 15 is 0 Å². The molecule has 1 aliphatic heterocycles. The Balaban J connectivity index is 2.24. The van der Waals surface area contributed by atoms with Gasteiger partial charge in [0.2, 0.25) is 5.91 Å². The molecule has 0 aromatic heterocycles. The average molecular weight is 412 g/mol. The first-order valence-electron chi connectivity index (χ1n) is 9.33. The van der Waals surface area contributed by atoms with Crippen molar-refractivity contribution in [2.75, 3.05) is 19.6 Å². The predicted molar refractivity (Wildman–Crippen MR) is 105 cm³/mol. The van der Waals surface area contributed by atoms with Gasteiger partial charge in [-0.15, -0.1) is 0 Å². The maximum Gasteiger partial charge on any atom is 0.325 e. The van der Waals surface area contributed by atoms with Crippen molar-refractivity contribution in [3.63, 3.8) is 0 Å². The monoisotopic (exact) mass is 411 g/mol. The van der Waals surface area contributed by atoms with Gasteiger partial charge in [-0.2, -0.15) is 0 Å². The first kappa shape index (κ1) is 22.1. The fourth-order valence-electron chi connectivity index (χ4n) is 3.31. The number of nitrogens with one attached hydrogen (secondary N) is 1. The lowest BCUT2D eigenvalue weighted by Gasteiger charge is -2.28. The Labute approximate surface area is 170 Å². The van der Waals surface area contributed by atoms with Crippen LogP contribution in [0.15, 0.2) is 18.2 Å². The summed E-state index contributed by atoms with van der Waals surface area (Å²) in [6, 6.07) is 2.95. The van der Waals surface area contributed by atoms with Crippen LogP contribution in [0, 0.1) is 17.7 Å². The molecule has 1 aromatic rings. The predicted octanol–water partition coefficient (Wildman–Crippen LogP) is 3.39. The summed E-state index contributed by atoms with van der Waals surface area (Å²) in [7, 11) is 0. The van der Waals surface area contributed by atoms with E-state index in [0.29, 0.717) is 13.1 Å². The number of benzene rings is 1. The standard InChI is InChI=1S/C20H27ClFN3O3/c1-12(2)9-24(10-13(3)4)17(26)11-25-18(27)20(5,23-19(25)28)15-7-6-14(22)8-16(15)21/h6-8,12-13H,9-11H2,1-5H3,(H,23,28). The minimum Gasteiger partial charge on any atom is -0.341 e. The summed E-state index contributed by atoms with van der Waals surface area (Å²) in [6.45, 7) is 10.2. The molecule has 0 aliphatic carbocycles. The quantitative estimate of drug-likeness (QED) is 0.699. The zero-order valence-corrected chi connectivity index (χ0v) is 17.6. The molecule has 1 unspecified atom stereocenters. The van der Waals surface area contributed by atoms with E-state index in [-0.39, 0.29) is 34.9 Å². The van der Waals surface area contributed by atoms with Crippen molar-refractivity contribution < 1.29 is 18.8 Å². The number of rotatable bonds is 7. The number of nitrogens with zero attached hydrogens (tertiary/aromatic N) is 2. The van der Waals surface area contributed by atoms with E-state index in [1.807, 2.05) is 27.7 Å². The van der Waals surface area contributed by atoms with Gasteiger partial charge >= 0.3 is 6.03 Å². The van der Waals surface area contributed by atoms with Crippen molar-refractivity contribution >= 4 is 29.4 Å². The summed E-state index contributed by atoms with van der Waals surface area (Å²) < 4.78 is 13.4.